The summed E-state index contributed by atoms with van der Waals surface area (Å²) in [6.07, 6.45) is -0.491. The van der Waals surface area contributed by atoms with Crippen LogP contribution in [0.2, 0.25) is 0 Å². The summed E-state index contributed by atoms with van der Waals surface area (Å²) in [7, 11) is 0. The largest absolute Gasteiger partial charge is 0.368 e. The van der Waals surface area contributed by atoms with Crippen LogP contribution in [0.3, 0.4) is 0 Å². The molecule has 0 radical (unpaired) electrons. The average molecular weight is 108 g/mol. The van der Waals surface area contributed by atoms with E-state index < -0.39 is 13.2 Å². The fourth-order valence-electron chi connectivity index (χ4n) is 0.191. The lowest BCUT2D eigenvalue weighted by molar-refractivity contribution is -0.128. The second kappa shape index (κ2) is 4.02. The maximum Gasteiger partial charge on any atom is 0.191 e. The van der Waals surface area contributed by atoms with Crippen molar-refractivity contribution in [2.75, 3.05) is 6.86 Å². The van der Waals surface area contributed by atoms with Crippen LogP contribution < -0.4 is 0 Å². The van der Waals surface area contributed by atoms with Crippen molar-refractivity contribution in [1.29, 1.82) is 0 Å². The van der Waals surface area contributed by atoms with Gasteiger partial charge in [0.1, 0.15) is 0 Å². The zero-order valence-corrected chi connectivity index (χ0v) is 4.22. The molecule has 0 saturated heterocycles. The van der Waals surface area contributed by atoms with Gasteiger partial charge in [-0.25, -0.2) is 4.39 Å². The molecule has 1 atom stereocenters. The molecule has 0 amide bonds. The first-order chi connectivity index (χ1) is 3.31. The molecule has 0 aromatic heterocycles. The van der Waals surface area contributed by atoms with E-state index in [1.807, 2.05) is 0 Å². The summed E-state index contributed by atoms with van der Waals surface area (Å²) < 4.78 is 15.1. The molecule has 0 rings (SSSR count). The average Bonchev–Trinajstić information content (AvgIpc) is 1.68. The van der Waals surface area contributed by atoms with Gasteiger partial charge >= 0.3 is 0 Å². The molecule has 0 saturated carbocycles. The van der Waals surface area contributed by atoms with Crippen molar-refractivity contribution in [3.8, 4) is 0 Å². The Kier molecular flexibility index (Phi) is 3.93. The summed E-state index contributed by atoms with van der Waals surface area (Å²) in [5.74, 6) is 0. The van der Waals surface area contributed by atoms with Crippen LogP contribution >= 0.6 is 0 Å². The summed E-state index contributed by atoms with van der Waals surface area (Å²) in [5, 5.41) is 8.40. The fourth-order valence-corrected chi connectivity index (χ4v) is 0.191. The minimum absolute atomic E-state index is 0.434. The van der Waals surface area contributed by atoms with Crippen LogP contribution in [-0.4, -0.2) is 18.3 Å². The molecule has 44 valence electrons. The Morgan fingerprint density at radius 2 is 2.43 bits per heavy atom. The van der Waals surface area contributed by atoms with Crippen LogP contribution in [0.4, 0.5) is 4.39 Å². The Bertz CT molecular complexity index is 40.7. The molecular weight excluding hydrogens is 99.0 g/mol. The van der Waals surface area contributed by atoms with Gasteiger partial charge in [-0.3, -0.25) is 0 Å². The highest BCUT2D eigenvalue weighted by molar-refractivity contribution is 4.28. The molecule has 0 bridgehead atoms. The summed E-state index contributed by atoms with van der Waals surface area (Å²) in [4.78, 5) is 0. The molecule has 0 aromatic rings. The van der Waals surface area contributed by atoms with Crippen molar-refractivity contribution in [2.45, 2.75) is 19.6 Å². The molecular formula is C4H9FO2. The first kappa shape index (κ1) is 6.85. The van der Waals surface area contributed by atoms with Crippen molar-refractivity contribution < 1.29 is 14.2 Å². The summed E-state index contributed by atoms with van der Waals surface area (Å²) in [6.45, 7) is 0.801. The fraction of sp³-hybridized carbons (Fsp3) is 1.00. The topological polar surface area (TPSA) is 29.5 Å². The number of alkyl halides is 1. The van der Waals surface area contributed by atoms with E-state index in [0.29, 0.717) is 6.42 Å². The van der Waals surface area contributed by atoms with Crippen LogP contribution in [0.15, 0.2) is 0 Å². The predicted octanol–water partition coefficient (Wildman–Crippen LogP) is 0.658. The molecule has 0 aliphatic carbocycles. The van der Waals surface area contributed by atoms with E-state index in [4.69, 9.17) is 5.11 Å². The summed E-state index contributed by atoms with van der Waals surface area (Å²) in [5.41, 5.74) is 0. The van der Waals surface area contributed by atoms with Crippen LogP contribution in [-0.2, 0) is 4.74 Å². The molecule has 2 nitrogen and oxygen atoms in total. The van der Waals surface area contributed by atoms with Gasteiger partial charge in [-0.05, 0) is 6.42 Å². The third-order valence-corrected chi connectivity index (χ3v) is 0.605. The minimum atomic E-state index is -0.926. The lowest BCUT2D eigenvalue weighted by Crippen LogP contribution is -2.08. The van der Waals surface area contributed by atoms with Crippen molar-refractivity contribution in [3.05, 3.63) is 0 Å². The van der Waals surface area contributed by atoms with Gasteiger partial charge in [-0.15, -0.1) is 0 Å². The lowest BCUT2D eigenvalue weighted by Gasteiger charge is -2.02. The van der Waals surface area contributed by atoms with E-state index in [1.165, 1.54) is 0 Å². The molecule has 0 spiro atoms. The first-order valence-electron chi connectivity index (χ1n) is 2.17. The van der Waals surface area contributed by atoms with Gasteiger partial charge in [-0.2, -0.15) is 0 Å². The molecule has 3 heteroatoms. The second-order valence-electron chi connectivity index (χ2n) is 1.14. The van der Waals surface area contributed by atoms with Gasteiger partial charge < -0.3 is 9.84 Å². The predicted molar refractivity (Wildman–Crippen MR) is 23.4 cm³/mol. The Balaban J connectivity index is 2.83. The van der Waals surface area contributed by atoms with Gasteiger partial charge in [0.25, 0.3) is 0 Å². The second-order valence-corrected chi connectivity index (χ2v) is 1.14. The van der Waals surface area contributed by atoms with Crippen molar-refractivity contribution in [2.24, 2.45) is 0 Å². The molecule has 0 aliphatic rings. The zero-order chi connectivity index (χ0) is 5.70. The van der Waals surface area contributed by atoms with Crippen molar-refractivity contribution in [1.82, 2.24) is 0 Å². The smallest absolute Gasteiger partial charge is 0.191 e. The normalized spacial score (nSPS) is 14.1. The van der Waals surface area contributed by atoms with Gasteiger partial charge in [0, 0.05) is 0 Å². The number of rotatable bonds is 3. The molecule has 0 aromatic carbocycles. The SMILES string of the molecule is CCC(O)OCF. The maximum absolute atomic E-state index is 11.0. The Morgan fingerprint density at radius 3 is 2.57 bits per heavy atom. The number of ether oxygens (including phenoxy) is 1. The number of aliphatic hydroxyl groups excluding tert-OH is 1. The lowest BCUT2D eigenvalue weighted by atomic mass is 10.5. The zero-order valence-electron chi connectivity index (χ0n) is 4.22. The molecule has 0 aliphatic heterocycles. The van der Waals surface area contributed by atoms with Crippen LogP contribution in [0.25, 0.3) is 0 Å². The van der Waals surface area contributed by atoms with Crippen molar-refractivity contribution >= 4 is 0 Å². The number of hydrogen-bond acceptors (Lipinski definition) is 2. The molecule has 7 heavy (non-hydrogen) atoms. The van der Waals surface area contributed by atoms with E-state index in [-0.39, 0.29) is 0 Å². The van der Waals surface area contributed by atoms with E-state index >= 15 is 0 Å². The van der Waals surface area contributed by atoms with Gasteiger partial charge in [0.15, 0.2) is 13.2 Å². The maximum atomic E-state index is 11.0. The third-order valence-electron chi connectivity index (χ3n) is 0.605. The highest BCUT2D eigenvalue weighted by Gasteiger charge is 1.95. The number of hydrogen-bond donors (Lipinski definition) is 1. The molecule has 1 N–H and O–H groups in total. The Morgan fingerprint density at radius 1 is 1.86 bits per heavy atom. The molecule has 0 heterocycles. The summed E-state index contributed by atoms with van der Waals surface area (Å²) in [6, 6.07) is 0. The van der Waals surface area contributed by atoms with E-state index in [0.717, 1.165) is 0 Å². The van der Waals surface area contributed by atoms with Crippen molar-refractivity contribution in [3.63, 3.8) is 0 Å². The third kappa shape index (κ3) is 3.69. The first-order valence-corrected chi connectivity index (χ1v) is 2.17. The van der Waals surface area contributed by atoms with E-state index in [2.05, 4.69) is 4.74 Å². The van der Waals surface area contributed by atoms with Crippen LogP contribution in [0.5, 0.6) is 0 Å². The van der Waals surface area contributed by atoms with E-state index in [9.17, 15) is 4.39 Å². The van der Waals surface area contributed by atoms with Gasteiger partial charge in [0.05, 0.1) is 0 Å². The van der Waals surface area contributed by atoms with Crippen LogP contribution in [0, 0.1) is 0 Å². The minimum Gasteiger partial charge on any atom is -0.368 e. The monoisotopic (exact) mass is 108 g/mol. The molecule has 0 fully saturated rings. The van der Waals surface area contributed by atoms with Crippen LogP contribution in [0.1, 0.15) is 13.3 Å². The number of aliphatic hydroxyl groups is 1. The Hall–Kier alpha value is -0.150. The van der Waals surface area contributed by atoms with E-state index in [1.54, 1.807) is 6.92 Å². The highest BCUT2D eigenvalue weighted by Crippen LogP contribution is 1.90. The standard InChI is InChI=1S/C4H9FO2/c1-2-4(6)7-3-5/h4,6H,2-3H2,1H3. The quantitative estimate of drug-likeness (QED) is 0.538. The number of halogens is 1. The summed E-state index contributed by atoms with van der Waals surface area (Å²) >= 11 is 0. The van der Waals surface area contributed by atoms with Gasteiger partial charge in [0.2, 0.25) is 0 Å². The Labute approximate surface area is 41.9 Å². The molecule has 1 unspecified atom stereocenters. The van der Waals surface area contributed by atoms with Gasteiger partial charge in [-0.1, -0.05) is 6.92 Å². The highest BCUT2D eigenvalue weighted by atomic mass is 19.1.